The number of thioether (sulfide) groups is 1. The molecule has 0 aliphatic carbocycles. The lowest BCUT2D eigenvalue weighted by molar-refractivity contribution is 0.0761. The van der Waals surface area contributed by atoms with Crippen molar-refractivity contribution < 1.29 is 4.79 Å². The maximum absolute atomic E-state index is 12.9. The highest BCUT2D eigenvalue weighted by atomic mass is 32.2. The molecule has 0 spiro atoms. The molecule has 0 bridgehead atoms. The standard InChI is InChI=1S/C28H30N4OS/c1-21-6-8-23(9-7-21)20-34-28-30-25-14-15-29-18-26(25)32(28)19-22-10-12-24(13-11-22)27(33)31-16-4-2-3-5-17-31/h6-15,18H,2-5,16-17,19-20H2,1H3. The number of fused-ring (bicyclic) bond motifs is 1. The van der Waals surface area contributed by atoms with E-state index in [1.54, 1.807) is 18.0 Å². The number of nitrogens with zero attached hydrogens (tertiary/aromatic N) is 4. The average Bonchev–Trinajstić information content (AvgIpc) is 3.02. The number of amides is 1. The maximum Gasteiger partial charge on any atom is 0.253 e. The Morgan fingerprint density at radius 3 is 2.35 bits per heavy atom. The van der Waals surface area contributed by atoms with Gasteiger partial charge >= 0.3 is 0 Å². The molecule has 34 heavy (non-hydrogen) atoms. The molecular weight excluding hydrogens is 440 g/mol. The topological polar surface area (TPSA) is 51.0 Å². The van der Waals surface area contributed by atoms with Gasteiger partial charge in [0.2, 0.25) is 0 Å². The summed E-state index contributed by atoms with van der Waals surface area (Å²) in [5.74, 6) is 1.01. The van der Waals surface area contributed by atoms with E-state index in [2.05, 4.69) is 52.9 Å². The Labute approximate surface area is 205 Å². The van der Waals surface area contributed by atoms with E-state index in [1.165, 1.54) is 24.0 Å². The van der Waals surface area contributed by atoms with E-state index in [0.717, 1.165) is 59.0 Å². The Morgan fingerprint density at radius 2 is 1.62 bits per heavy atom. The quantitative estimate of drug-likeness (QED) is 0.320. The number of carbonyl (C=O) groups excluding carboxylic acids is 1. The fourth-order valence-corrected chi connectivity index (χ4v) is 5.40. The lowest BCUT2D eigenvalue weighted by Gasteiger charge is -2.20. The molecule has 1 aliphatic rings. The summed E-state index contributed by atoms with van der Waals surface area (Å²) in [7, 11) is 0. The number of rotatable bonds is 6. The second kappa shape index (κ2) is 10.4. The Bertz CT molecular complexity index is 1260. The largest absolute Gasteiger partial charge is 0.339 e. The van der Waals surface area contributed by atoms with Gasteiger partial charge in [-0.05, 0) is 49.1 Å². The molecule has 5 rings (SSSR count). The van der Waals surface area contributed by atoms with Crippen molar-refractivity contribution in [2.24, 2.45) is 0 Å². The summed E-state index contributed by atoms with van der Waals surface area (Å²) in [6.07, 6.45) is 8.33. The molecule has 4 aromatic rings. The predicted molar refractivity (Wildman–Crippen MR) is 138 cm³/mol. The third kappa shape index (κ3) is 5.17. The van der Waals surface area contributed by atoms with Gasteiger partial charge in [-0.15, -0.1) is 0 Å². The fraction of sp³-hybridized carbons (Fsp3) is 0.321. The van der Waals surface area contributed by atoms with Crippen molar-refractivity contribution >= 4 is 28.7 Å². The van der Waals surface area contributed by atoms with Crippen molar-refractivity contribution in [3.63, 3.8) is 0 Å². The average molecular weight is 471 g/mol. The summed E-state index contributed by atoms with van der Waals surface area (Å²) in [5.41, 5.74) is 6.45. The third-order valence-electron chi connectivity index (χ3n) is 6.44. The first-order chi connectivity index (χ1) is 16.7. The van der Waals surface area contributed by atoms with Crippen LogP contribution in [0.15, 0.2) is 72.1 Å². The normalized spacial score (nSPS) is 14.3. The molecule has 1 amide bonds. The Kier molecular flexibility index (Phi) is 6.95. The molecular formula is C28H30N4OS. The molecule has 1 aliphatic heterocycles. The SMILES string of the molecule is Cc1ccc(CSc2nc3ccncc3n2Cc2ccc(C(=O)N3CCCCCC3)cc2)cc1. The summed E-state index contributed by atoms with van der Waals surface area (Å²) in [6, 6.07) is 18.7. The molecule has 174 valence electrons. The lowest BCUT2D eigenvalue weighted by atomic mass is 10.1. The first-order valence-corrected chi connectivity index (χ1v) is 13.0. The number of aryl methyl sites for hydroxylation is 1. The van der Waals surface area contributed by atoms with E-state index >= 15 is 0 Å². The zero-order chi connectivity index (χ0) is 23.3. The fourth-order valence-electron chi connectivity index (χ4n) is 4.43. The van der Waals surface area contributed by atoms with Gasteiger partial charge < -0.3 is 9.47 Å². The molecule has 2 aromatic heterocycles. The van der Waals surface area contributed by atoms with Crippen LogP contribution >= 0.6 is 11.8 Å². The second-order valence-corrected chi connectivity index (χ2v) is 9.97. The molecule has 6 heteroatoms. The molecule has 3 heterocycles. The van der Waals surface area contributed by atoms with Gasteiger partial charge in [-0.3, -0.25) is 9.78 Å². The molecule has 1 fully saturated rings. The molecule has 1 saturated heterocycles. The summed E-state index contributed by atoms with van der Waals surface area (Å²) in [5, 5.41) is 0.980. The van der Waals surface area contributed by atoms with Crippen LogP contribution in [0.25, 0.3) is 11.0 Å². The van der Waals surface area contributed by atoms with Crippen LogP contribution in [0.5, 0.6) is 0 Å². The van der Waals surface area contributed by atoms with Gasteiger partial charge in [0.1, 0.15) is 0 Å². The third-order valence-corrected chi connectivity index (χ3v) is 7.49. The number of carbonyl (C=O) groups is 1. The van der Waals surface area contributed by atoms with E-state index in [9.17, 15) is 4.79 Å². The Hall–Kier alpha value is -3.12. The van der Waals surface area contributed by atoms with Crippen LogP contribution in [0.2, 0.25) is 0 Å². The van der Waals surface area contributed by atoms with Gasteiger partial charge in [0.25, 0.3) is 5.91 Å². The maximum atomic E-state index is 12.9. The summed E-state index contributed by atoms with van der Waals surface area (Å²) in [4.78, 5) is 24.2. The number of imidazole rings is 1. The van der Waals surface area contributed by atoms with E-state index < -0.39 is 0 Å². The van der Waals surface area contributed by atoms with E-state index in [0.29, 0.717) is 6.54 Å². The highest BCUT2D eigenvalue weighted by molar-refractivity contribution is 7.98. The van der Waals surface area contributed by atoms with Crippen molar-refractivity contribution in [2.75, 3.05) is 13.1 Å². The molecule has 0 radical (unpaired) electrons. The molecule has 5 nitrogen and oxygen atoms in total. The van der Waals surface area contributed by atoms with Crippen LogP contribution in [0.1, 0.15) is 52.7 Å². The number of benzene rings is 2. The Morgan fingerprint density at radius 1 is 0.912 bits per heavy atom. The first kappa shape index (κ1) is 22.7. The first-order valence-electron chi connectivity index (χ1n) is 12.0. The summed E-state index contributed by atoms with van der Waals surface area (Å²) >= 11 is 1.74. The number of aromatic nitrogens is 3. The van der Waals surface area contributed by atoms with Gasteiger partial charge in [-0.2, -0.15) is 0 Å². The number of likely N-dealkylation sites (tertiary alicyclic amines) is 1. The molecule has 0 atom stereocenters. The zero-order valence-electron chi connectivity index (χ0n) is 19.6. The Balaban J connectivity index is 1.34. The minimum atomic E-state index is 0.153. The van der Waals surface area contributed by atoms with Gasteiger partial charge in [0, 0.05) is 30.6 Å². The number of pyridine rings is 1. The van der Waals surface area contributed by atoms with Crippen LogP contribution in [-0.2, 0) is 12.3 Å². The minimum Gasteiger partial charge on any atom is -0.339 e. The van der Waals surface area contributed by atoms with Crippen LogP contribution in [-0.4, -0.2) is 38.4 Å². The van der Waals surface area contributed by atoms with E-state index in [4.69, 9.17) is 4.98 Å². The van der Waals surface area contributed by atoms with Gasteiger partial charge in [-0.25, -0.2) is 4.98 Å². The van der Waals surface area contributed by atoms with Crippen molar-refractivity contribution in [3.8, 4) is 0 Å². The highest BCUT2D eigenvalue weighted by Crippen LogP contribution is 2.27. The van der Waals surface area contributed by atoms with Gasteiger partial charge in [-0.1, -0.05) is 66.6 Å². The summed E-state index contributed by atoms with van der Waals surface area (Å²) < 4.78 is 2.23. The number of hydrogen-bond acceptors (Lipinski definition) is 4. The van der Waals surface area contributed by atoms with E-state index in [-0.39, 0.29) is 5.91 Å². The van der Waals surface area contributed by atoms with Crippen LogP contribution in [0.3, 0.4) is 0 Å². The van der Waals surface area contributed by atoms with Crippen molar-refractivity contribution in [2.45, 2.75) is 50.1 Å². The van der Waals surface area contributed by atoms with Gasteiger partial charge in [0.15, 0.2) is 5.16 Å². The summed E-state index contributed by atoms with van der Waals surface area (Å²) in [6.45, 7) is 4.54. The molecule has 0 N–H and O–H groups in total. The molecule has 0 saturated carbocycles. The monoisotopic (exact) mass is 470 g/mol. The predicted octanol–water partition coefficient (Wildman–Crippen LogP) is 6.10. The lowest BCUT2D eigenvalue weighted by Crippen LogP contribution is -2.31. The van der Waals surface area contributed by atoms with Crippen molar-refractivity contribution in [1.82, 2.24) is 19.4 Å². The van der Waals surface area contributed by atoms with Crippen LogP contribution < -0.4 is 0 Å². The van der Waals surface area contributed by atoms with Crippen LogP contribution in [0, 0.1) is 6.92 Å². The number of hydrogen-bond donors (Lipinski definition) is 0. The van der Waals surface area contributed by atoms with Crippen molar-refractivity contribution in [3.05, 3.63) is 89.2 Å². The highest BCUT2D eigenvalue weighted by Gasteiger charge is 2.18. The molecule has 0 unspecified atom stereocenters. The van der Waals surface area contributed by atoms with E-state index in [1.807, 2.05) is 29.3 Å². The smallest absolute Gasteiger partial charge is 0.253 e. The zero-order valence-corrected chi connectivity index (χ0v) is 20.4. The molecule has 2 aromatic carbocycles. The van der Waals surface area contributed by atoms with Crippen molar-refractivity contribution in [1.29, 1.82) is 0 Å². The van der Waals surface area contributed by atoms with Gasteiger partial charge in [0.05, 0.1) is 23.8 Å². The minimum absolute atomic E-state index is 0.153. The second-order valence-electron chi connectivity index (χ2n) is 9.02. The van der Waals surface area contributed by atoms with Crippen LogP contribution in [0.4, 0.5) is 0 Å².